The predicted octanol–water partition coefficient (Wildman–Crippen LogP) is 4.10. The molecule has 31 heavy (non-hydrogen) atoms. The lowest BCUT2D eigenvalue weighted by Crippen LogP contribution is -2.32. The molecule has 2 aromatic rings. The van der Waals surface area contributed by atoms with Crippen molar-refractivity contribution in [1.82, 2.24) is 14.2 Å². The van der Waals surface area contributed by atoms with Gasteiger partial charge in [-0.3, -0.25) is 4.79 Å². The number of hydrogen-bond acceptors (Lipinski definition) is 5. The largest absolute Gasteiger partial charge is 0.338 e. The molecule has 1 aromatic heterocycles. The van der Waals surface area contributed by atoms with Crippen molar-refractivity contribution in [3.63, 3.8) is 0 Å². The maximum atomic E-state index is 13.1. The third kappa shape index (κ3) is 6.05. The molecule has 0 saturated carbocycles. The molecule has 0 N–H and O–H groups in total. The van der Waals surface area contributed by atoms with Gasteiger partial charge in [0.1, 0.15) is 10.7 Å². The topological polar surface area (TPSA) is 70.6 Å². The lowest BCUT2D eigenvalue weighted by molar-refractivity contribution is -0.128. The second kappa shape index (κ2) is 10.6. The van der Waals surface area contributed by atoms with Gasteiger partial charge < -0.3 is 4.90 Å². The number of carbonyl (C=O) groups is 1. The fraction of sp³-hybridized carbons (Fsp3) is 0.455. The van der Waals surface area contributed by atoms with Crippen LogP contribution >= 0.6 is 11.8 Å². The molecule has 1 saturated heterocycles. The average Bonchev–Trinajstić information content (AvgIpc) is 3.07. The van der Waals surface area contributed by atoms with Crippen molar-refractivity contribution < 1.29 is 17.6 Å². The number of amides is 1. The predicted molar refractivity (Wildman–Crippen MR) is 120 cm³/mol. The van der Waals surface area contributed by atoms with E-state index in [9.17, 15) is 17.6 Å². The van der Waals surface area contributed by atoms with Gasteiger partial charge in [0.2, 0.25) is 15.9 Å². The van der Waals surface area contributed by atoms with Gasteiger partial charge in [-0.05, 0) is 49.6 Å². The van der Waals surface area contributed by atoms with E-state index in [1.807, 2.05) is 6.92 Å². The summed E-state index contributed by atoms with van der Waals surface area (Å²) >= 11 is 1.26. The Labute approximate surface area is 187 Å². The third-order valence-electron chi connectivity index (χ3n) is 5.58. The smallest absolute Gasteiger partial charge is 0.244 e. The van der Waals surface area contributed by atoms with Crippen LogP contribution in [0, 0.1) is 5.82 Å². The van der Waals surface area contributed by atoms with Crippen LogP contribution in [0.2, 0.25) is 0 Å². The molecule has 2 heterocycles. The minimum Gasteiger partial charge on any atom is -0.338 e. The molecule has 1 unspecified atom stereocenters. The minimum atomic E-state index is -3.53. The Morgan fingerprint density at radius 3 is 2.35 bits per heavy atom. The van der Waals surface area contributed by atoms with Crippen LogP contribution in [0.5, 0.6) is 0 Å². The molecular weight excluding hydrogens is 437 g/mol. The van der Waals surface area contributed by atoms with Crippen molar-refractivity contribution in [3.05, 3.63) is 54.0 Å². The molecule has 0 radical (unpaired) electrons. The number of pyridine rings is 1. The maximum absolute atomic E-state index is 13.1. The number of carbonyl (C=O) groups excluding carboxylic acids is 1. The summed E-state index contributed by atoms with van der Waals surface area (Å²) in [5, 5.41) is 0.589. The van der Waals surface area contributed by atoms with Gasteiger partial charge in [0.15, 0.2) is 0 Å². The molecule has 3 rings (SSSR count). The van der Waals surface area contributed by atoms with E-state index in [0.717, 1.165) is 31.2 Å². The number of rotatable bonds is 7. The zero-order valence-electron chi connectivity index (χ0n) is 17.8. The van der Waals surface area contributed by atoms with E-state index in [4.69, 9.17) is 0 Å². The van der Waals surface area contributed by atoms with Crippen LogP contribution in [0.4, 0.5) is 4.39 Å². The summed E-state index contributed by atoms with van der Waals surface area (Å²) in [7, 11) is -1.82. The average molecular weight is 466 g/mol. The Morgan fingerprint density at radius 2 is 1.77 bits per heavy atom. The van der Waals surface area contributed by atoms with Gasteiger partial charge in [0.25, 0.3) is 0 Å². The van der Waals surface area contributed by atoms with E-state index in [2.05, 4.69) is 4.98 Å². The molecular formula is C22H28FN3O3S2. The van der Waals surface area contributed by atoms with Crippen molar-refractivity contribution in [3.8, 4) is 0 Å². The molecule has 0 bridgehead atoms. The Balaban J connectivity index is 1.58. The number of sulfonamides is 1. The zero-order valence-corrected chi connectivity index (χ0v) is 19.5. The van der Waals surface area contributed by atoms with Crippen LogP contribution in [0.3, 0.4) is 0 Å². The summed E-state index contributed by atoms with van der Waals surface area (Å²) in [4.78, 5) is 18.6. The molecule has 1 aliphatic heterocycles. The lowest BCUT2D eigenvalue weighted by Gasteiger charge is -2.25. The SMILES string of the molecule is CC(c1ccc(F)cc1)N(C)C(=O)CSc1ccc(S(=O)(=O)N2CCCCCC2)cn1. The van der Waals surface area contributed by atoms with Crippen molar-refractivity contribution in [2.45, 2.75) is 48.6 Å². The summed E-state index contributed by atoms with van der Waals surface area (Å²) in [6, 6.07) is 9.11. The fourth-order valence-corrected chi connectivity index (χ4v) is 5.68. The Hall–Kier alpha value is -1.97. The summed E-state index contributed by atoms with van der Waals surface area (Å²) in [6.07, 6.45) is 5.25. The van der Waals surface area contributed by atoms with Crippen LogP contribution in [0.15, 0.2) is 52.5 Å². The summed E-state index contributed by atoms with van der Waals surface area (Å²) in [5.74, 6) is -0.231. The van der Waals surface area contributed by atoms with Gasteiger partial charge >= 0.3 is 0 Å². The Kier molecular flexibility index (Phi) is 8.07. The van der Waals surface area contributed by atoms with E-state index >= 15 is 0 Å². The molecule has 6 nitrogen and oxygen atoms in total. The van der Waals surface area contributed by atoms with Crippen molar-refractivity contribution >= 4 is 27.7 Å². The van der Waals surface area contributed by atoms with Gasteiger partial charge in [-0.2, -0.15) is 4.31 Å². The van der Waals surface area contributed by atoms with Gasteiger partial charge in [0.05, 0.1) is 16.8 Å². The van der Waals surface area contributed by atoms with E-state index in [1.165, 1.54) is 30.1 Å². The molecule has 0 spiro atoms. The van der Waals surface area contributed by atoms with E-state index in [-0.39, 0.29) is 28.4 Å². The molecule has 1 atom stereocenters. The highest BCUT2D eigenvalue weighted by atomic mass is 32.2. The van der Waals surface area contributed by atoms with E-state index in [1.54, 1.807) is 40.5 Å². The van der Waals surface area contributed by atoms with Gasteiger partial charge in [-0.25, -0.2) is 17.8 Å². The standard InChI is InChI=1S/C22H28FN3O3S2/c1-17(18-7-9-19(23)10-8-18)25(2)22(27)16-30-21-12-11-20(15-24-21)31(28,29)26-13-5-3-4-6-14-26/h7-12,15,17H,3-6,13-14,16H2,1-2H3. The molecule has 1 amide bonds. The Morgan fingerprint density at radius 1 is 1.13 bits per heavy atom. The van der Waals surface area contributed by atoms with Gasteiger partial charge in [-0.1, -0.05) is 36.7 Å². The summed E-state index contributed by atoms with van der Waals surface area (Å²) in [6.45, 7) is 2.98. The minimum absolute atomic E-state index is 0.0927. The van der Waals surface area contributed by atoms with Crippen LogP contribution in [0.1, 0.15) is 44.2 Å². The summed E-state index contributed by atoms with van der Waals surface area (Å²) < 4.78 is 40.3. The van der Waals surface area contributed by atoms with E-state index < -0.39 is 10.0 Å². The van der Waals surface area contributed by atoms with Crippen molar-refractivity contribution in [2.24, 2.45) is 0 Å². The first-order valence-electron chi connectivity index (χ1n) is 10.4. The number of benzene rings is 1. The molecule has 1 aliphatic rings. The quantitative estimate of drug-likeness (QED) is 0.576. The van der Waals surface area contributed by atoms with Crippen LogP contribution in [-0.2, 0) is 14.8 Å². The number of hydrogen-bond donors (Lipinski definition) is 0. The number of nitrogens with zero attached hydrogens (tertiary/aromatic N) is 3. The first-order valence-corrected chi connectivity index (χ1v) is 12.8. The van der Waals surface area contributed by atoms with Crippen molar-refractivity contribution in [1.29, 1.82) is 0 Å². The number of halogens is 1. The van der Waals surface area contributed by atoms with Gasteiger partial charge in [-0.15, -0.1) is 0 Å². The fourth-order valence-electron chi connectivity index (χ4n) is 3.45. The maximum Gasteiger partial charge on any atom is 0.244 e. The number of aromatic nitrogens is 1. The first-order chi connectivity index (χ1) is 14.8. The lowest BCUT2D eigenvalue weighted by atomic mass is 10.1. The first kappa shape index (κ1) is 23.7. The normalized spacial score (nSPS) is 16.5. The second-order valence-electron chi connectivity index (χ2n) is 7.67. The molecule has 1 fully saturated rings. The highest BCUT2D eigenvalue weighted by molar-refractivity contribution is 7.99. The highest BCUT2D eigenvalue weighted by Gasteiger charge is 2.25. The molecule has 168 valence electrons. The third-order valence-corrected chi connectivity index (χ3v) is 8.39. The van der Waals surface area contributed by atoms with Crippen LogP contribution in [0.25, 0.3) is 0 Å². The molecule has 0 aliphatic carbocycles. The monoisotopic (exact) mass is 465 g/mol. The highest BCUT2D eigenvalue weighted by Crippen LogP contribution is 2.24. The number of thioether (sulfide) groups is 1. The molecule has 1 aromatic carbocycles. The Bertz CT molecular complexity index is 974. The van der Waals surface area contributed by atoms with E-state index in [0.29, 0.717) is 18.1 Å². The summed E-state index contributed by atoms with van der Waals surface area (Å²) in [5.41, 5.74) is 0.850. The van der Waals surface area contributed by atoms with Gasteiger partial charge in [0, 0.05) is 26.3 Å². The second-order valence-corrected chi connectivity index (χ2v) is 10.6. The molecule has 9 heteroatoms. The van der Waals surface area contributed by atoms with Crippen LogP contribution in [-0.4, -0.2) is 54.4 Å². The zero-order chi connectivity index (χ0) is 22.4. The van der Waals surface area contributed by atoms with Crippen LogP contribution < -0.4 is 0 Å². The van der Waals surface area contributed by atoms with Crippen molar-refractivity contribution in [2.75, 3.05) is 25.9 Å².